The predicted octanol–water partition coefficient (Wildman–Crippen LogP) is 1.62. The third-order valence-corrected chi connectivity index (χ3v) is 2.92. The zero-order chi connectivity index (χ0) is 14.4. The van der Waals surface area contributed by atoms with Gasteiger partial charge >= 0.3 is 0 Å². The zero-order valence-electron chi connectivity index (χ0n) is 10.4. The summed E-state index contributed by atoms with van der Waals surface area (Å²) in [5, 5.41) is 12.3. The highest BCUT2D eigenvalue weighted by Gasteiger charge is 2.22. The fourth-order valence-corrected chi connectivity index (χ4v) is 1.67. The molecule has 0 bridgehead atoms. The Balaban J connectivity index is 2.81. The topological polar surface area (TPSA) is 66.4 Å². The largest absolute Gasteiger partial charge is 0.386 e. The Morgan fingerprint density at radius 1 is 1.37 bits per heavy atom. The number of alkyl halides is 2. The number of rotatable bonds is 6. The molecule has 1 aromatic carbocycles. The molecule has 0 saturated carbocycles. The molecule has 0 aliphatic heterocycles. The number of aliphatic hydroxyl groups excluding tert-OH is 1. The molecule has 0 spiro atoms. The first kappa shape index (κ1) is 15.6. The molecule has 0 aliphatic rings. The highest BCUT2D eigenvalue weighted by molar-refractivity contribution is 6.27. The van der Waals surface area contributed by atoms with E-state index in [1.165, 1.54) is 19.1 Å². The molecular formula is C13H15ClFNO3. The molecule has 4 nitrogen and oxygen atoms in total. The maximum absolute atomic E-state index is 12.8. The lowest BCUT2D eigenvalue weighted by molar-refractivity contribution is -0.120. The fraction of sp³-hybridized carbons (Fsp3) is 0.385. The summed E-state index contributed by atoms with van der Waals surface area (Å²) < 4.78 is 12.8. The molecule has 2 N–H and O–H groups in total. The molecule has 1 aromatic rings. The molecule has 0 fully saturated rings. The first-order valence-corrected chi connectivity index (χ1v) is 6.23. The lowest BCUT2D eigenvalue weighted by Crippen LogP contribution is -2.41. The van der Waals surface area contributed by atoms with E-state index in [4.69, 9.17) is 11.6 Å². The van der Waals surface area contributed by atoms with Crippen LogP contribution in [0.25, 0.3) is 0 Å². The van der Waals surface area contributed by atoms with E-state index in [1.54, 1.807) is 12.1 Å². The molecule has 0 unspecified atom stereocenters. The summed E-state index contributed by atoms with van der Waals surface area (Å²) in [4.78, 5) is 22.2. The van der Waals surface area contributed by atoms with Gasteiger partial charge in [0.05, 0.1) is 6.04 Å². The number of carbonyl (C=O) groups excluding carboxylic acids is 2. The molecule has 19 heavy (non-hydrogen) atoms. The molecule has 0 saturated heterocycles. The van der Waals surface area contributed by atoms with Crippen LogP contribution in [0.15, 0.2) is 24.3 Å². The van der Waals surface area contributed by atoms with Gasteiger partial charge in [0.15, 0.2) is 5.78 Å². The second-order valence-electron chi connectivity index (χ2n) is 4.08. The average molecular weight is 288 g/mol. The van der Waals surface area contributed by atoms with E-state index in [9.17, 15) is 19.1 Å². The average Bonchev–Trinajstić information content (AvgIpc) is 2.43. The Bertz CT molecular complexity index is 450. The Labute approximate surface area is 115 Å². The van der Waals surface area contributed by atoms with E-state index in [1.807, 2.05) is 0 Å². The summed E-state index contributed by atoms with van der Waals surface area (Å²) in [6, 6.07) is 5.07. The SMILES string of the molecule is CC(=O)c1ccc([C@@H](O)[C@@H](CF)NC(=O)CCl)cc1. The summed E-state index contributed by atoms with van der Waals surface area (Å²) in [6.45, 7) is 0.509. The van der Waals surface area contributed by atoms with Gasteiger partial charge < -0.3 is 10.4 Å². The molecule has 6 heteroatoms. The van der Waals surface area contributed by atoms with Crippen LogP contribution in [-0.4, -0.2) is 35.4 Å². The van der Waals surface area contributed by atoms with Gasteiger partial charge in [0.1, 0.15) is 18.7 Å². The van der Waals surface area contributed by atoms with Crippen LogP contribution in [0.2, 0.25) is 0 Å². The number of halogens is 2. The standard InChI is InChI=1S/C13H15ClFNO3/c1-8(17)9-2-4-10(5-3-9)13(19)11(7-15)16-12(18)6-14/h2-5,11,13,19H,6-7H2,1H3,(H,16,18)/t11-,13-/m1/s1. The van der Waals surface area contributed by atoms with E-state index in [2.05, 4.69) is 5.32 Å². The summed E-state index contributed by atoms with van der Waals surface area (Å²) in [5.74, 6) is -0.950. The molecule has 0 aromatic heterocycles. The van der Waals surface area contributed by atoms with Gasteiger partial charge in [-0.05, 0) is 12.5 Å². The van der Waals surface area contributed by atoms with Crippen molar-refractivity contribution >= 4 is 23.3 Å². The highest BCUT2D eigenvalue weighted by atomic mass is 35.5. The molecule has 2 atom stereocenters. The molecule has 0 heterocycles. The Morgan fingerprint density at radius 3 is 2.37 bits per heavy atom. The molecule has 0 radical (unpaired) electrons. The maximum Gasteiger partial charge on any atom is 0.235 e. The van der Waals surface area contributed by atoms with E-state index in [0.717, 1.165) is 0 Å². The van der Waals surface area contributed by atoms with Gasteiger partial charge in [-0.15, -0.1) is 11.6 Å². The van der Waals surface area contributed by atoms with Crippen LogP contribution in [0, 0.1) is 0 Å². The van der Waals surface area contributed by atoms with Gasteiger partial charge in [-0.25, -0.2) is 4.39 Å². The van der Waals surface area contributed by atoms with Crippen LogP contribution in [-0.2, 0) is 4.79 Å². The van der Waals surface area contributed by atoms with Gasteiger partial charge in [0.2, 0.25) is 5.91 Å². The van der Waals surface area contributed by atoms with Crippen LogP contribution in [0.5, 0.6) is 0 Å². The van der Waals surface area contributed by atoms with Gasteiger partial charge in [-0.1, -0.05) is 24.3 Å². The lowest BCUT2D eigenvalue weighted by atomic mass is 10.0. The van der Waals surface area contributed by atoms with Crippen molar-refractivity contribution in [3.8, 4) is 0 Å². The first-order valence-electron chi connectivity index (χ1n) is 5.69. The van der Waals surface area contributed by atoms with E-state index in [-0.39, 0.29) is 11.7 Å². The number of Topliss-reactive ketones (excluding diaryl/α,β-unsaturated/α-hetero) is 1. The lowest BCUT2D eigenvalue weighted by Gasteiger charge is -2.21. The van der Waals surface area contributed by atoms with Crippen molar-refractivity contribution < 1.29 is 19.1 Å². The van der Waals surface area contributed by atoms with Gasteiger partial charge in [-0.2, -0.15) is 0 Å². The van der Waals surface area contributed by atoms with Crippen molar-refractivity contribution in [2.24, 2.45) is 0 Å². The second kappa shape index (κ2) is 7.21. The van der Waals surface area contributed by atoms with Crippen molar-refractivity contribution in [3.63, 3.8) is 0 Å². The minimum Gasteiger partial charge on any atom is -0.386 e. The number of carbonyl (C=O) groups is 2. The Kier molecular flexibility index (Phi) is 5.92. The van der Waals surface area contributed by atoms with E-state index < -0.39 is 24.7 Å². The zero-order valence-corrected chi connectivity index (χ0v) is 11.2. The highest BCUT2D eigenvalue weighted by Crippen LogP contribution is 2.18. The Hall–Kier alpha value is -1.46. The van der Waals surface area contributed by atoms with Crippen molar-refractivity contribution in [1.29, 1.82) is 0 Å². The monoisotopic (exact) mass is 287 g/mol. The van der Waals surface area contributed by atoms with Crippen molar-refractivity contribution in [1.82, 2.24) is 5.32 Å². The van der Waals surface area contributed by atoms with Crippen LogP contribution in [0.4, 0.5) is 4.39 Å². The number of nitrogens with one attached hydrogen (secondary N) is 1. The maximum atomic E-state index is 12.8. The Morgan fingerprint density at radius 2 is 1.95 bits per heavy atom. The smallest absolute Gasteiger partial charge is 0.235 e. The van der Waals surface area contributed by atoms with Crippen molar-refractivity contribution in [3.05, 3.63) is 35.4 Å². The van der Waals surface area contributed by atoms with Crippen LogP contribution in [0.3, 0.4) is 0 Å². The summed E-state index contributed by atoms with van der Waals surface area (Å²) in [6.07, 6.45) is -1.20. The fourth-order valence-electron chi connectivity index (χ4n) is 1.59. The van der Waals surface area contributed by atoms with Crippen LogP contribution < -0.4 is 5.32 Å². The quantitative estimate of drug-likeness (QED) is 0.617. The number of benzene rings is 1. The summed E-state index contributed by atoms with van der Waals surface area (Å²) in [7, 11) is 0. The number of amides is 1. The number of aliphatic hydroxyl groups is 1. The van der Waals surface area contributed by atoms with Crippen LogP contribution >= 0.6 is 11.6 Å². The third-order valence-electron chi connectivity index (χ3n) is 2.67. The summed E-state index contributed by atoms with van der Waals surface area (Å²) >= 11 is 5.31. The molecular weight excluding hydrogens is 273 g/mol. The number of ketones is 1. The van der Waals surface area contributed by atoms with Gasteiger partial charge in [-0.3, -0.25) is 9.59 Å². The molecule has 0 aliphatic carbocycles. The van der Waals surface area contributed by atoms with Gasteiger partial charge in [0, 0.05) is 5.56 Å². The van der Waals surface area contributed by atoms with E-state index in [0.29, 0.717) is 11.1 Å². The van der Waals surface area contributed by atoms with E-state index >= 15 is 0 Å². The number of hydrogen-bond donors (Lipinski definition) is 2. The van der Waals surface area contributed by atoms with Crippen molar-refractivity contribution in [2.45, 2.75) is 19.1 Å². The molecule has 1 amide bonds. The minimum absolute atomic E-state index is 0.0986. The second-order valence-corrected chi connectivity index (χ2v) is 4.35. The first-order chi connectivity index (χ1) is 8.99. The van der Waals surface area contributed by atoms with Crippen molar-refractivity contribution in [2.75, 3.05) is 12.6 Å². The predicted molar refractivity (Wildman–Crippen MR) is 70.0 cm³/mol. The molecule has 104 valence electrons. The minimum atomic E-state index is -1.20. The van der Waals surface area contributed by atoms with Gasteiger partial charge in [0.25, 0.3) is 0 Å². The summed E-state index contributed by atoms with van der Waals surface area (Å²) in [5.41, 5.74) is 0.917. The molecule has 1 rings (SSSR count). The third kappa shape index (κ3) is 4.29. The number of hydrogen-bond acceptors (Lipinski definition) is 3. The normalized spacial score (nSPS) is 13.7. The van der Waals surface area contributed by atoms with Crippen LogP contribution in [0.1, 0.15) is 28.9 Å².